The van der Waals surface area contributed by atoms with Gasteiger partial charge in [0.05, 0.1) is 17.1 Å². The SMILES string of the molecule is N#Cc1cc(NC2CCN(C3CCCC3)C2)nc2ccc(Cl)cc12. The summed E-state index contributed by atoms with van der Waals surface area (Å²) in [5, 5.41) is 14.4. The van der Waals surface area contributed by atoms with Gasteiger partial charge in [-0.15, -0.1) is 0 Å². The van der Waals surface area contributed by atoms with Gasteiger partial charge in [0.2, 0.25) is 0 Å². The summed E-state index contributed by atoms with van der Waals surface area (Å²) in [4.78, 5) is 7.29. The van der Waals surface area contributed by atoms with E-state index in [1.807, 2.05) is 24.3 Å². The van der Waals surface area contributed by atoms with Gasteiger partial charge in [-0.05, 0) is 43.5 Å². The highest BCUT2D eigenvalue weighted by Crippen LogP contribution is 2.28. The molecule has 124 valence electrons. The zero-order chi connectivity index (χ0) is 16.5. The number of aromatic nitrogens is 1. The lowest BCUT2D eigenvalue weighted by atomic mass is 10.1. The first-order valence-corrected chi connectivity index (χ1v) is 9.12. The van der Waals surface area contributed by atoms with Crippen molar-refractivity contribution in [3.63, 3.8) is 0 Å². The zero-order valence-corrected chi connectivity index (χ0v) is 14.4. The number of benzene rings is 1. The van der Waals surface area contributed by atoms with Crippen LogP contribution in [0.1, 0.15) is 37.7 Å². The van der Waals surface area contributed by atoms with Crippen molar-refractivity contribution in [3.05, 3.63) is 34.9 Å². The Morgan fingerprint density at radius 1 is 1.21 bits per heavy atom. The normalized spacial score (nSPS) is 22.1. The van der Waals surface area contributed by atoms with Crippen molar-refractivity contribution in [1.29, 1.82) is 5.26 Å². The molecule has 4 nitrogen and oxygen atoms in total. The Hall–Kier alpha value is -1.83. The molecule has 24 heavy (non-hydrogen) atoms. The fourth-order valence-electron chi connectivity index (χ4n) is 4.08. The molecule has 1 aliphatic carbocycles. The Morgan fingerprint density at radius 2 is 2.04 bits per heavy atom. The van der Waals surface area contributed by atoms with Crippen molar-refractivity contribution >= 4 is 28.3 Å². The van der Waals surface area contributed by atoms with Crippen LogP contribution in [0, 0.1) is 11.3 Å². The van der Waals surface area contributed by atoms with Crippen molar-refractivity contribution < 1.29 is 0 Å². The first kappa shape index (κ1) is 15.7. The molecule has 1 aromatic heterocycles. The number of hydrogen-bond donors (Lipinski definition) is 1. The van der Waals surface area contributed by atoms with Gasteiger partial charge in [0, 0.05) is 35.6 Å². The van der Waals surface area contributed by atoms with E-state index in [2.05, 4.69) is 21.3 Å². The lowest BCUT2D eigenvalue weighted by Gasteiger charge is -2.23. The summed E-state index contributed by atoms with van der Waals surface area (Å²) in [6.07, 6.45) is 6.58. The Bertz CT molecular complexity index is 792. The molecule has 2 fully saturated rings. The van der Waals surface area contributed by atoms with E-state index in [1.165, 1.54) is 25.7 Å². The smallest absolute Gasteiger partial charge is 0.128 e. The monoisotopic (exact) mass is 340 g/mol. The van der Waals surface area contributed by atoms with E-state index in [9.17, 15) is 5.26 Å². The molecule has 0 radical (unpaired) electrons. The van der Waals surface area contributed by atoms with Crippen LogP contribution >= 0.6 is 11.6 Å². The minimum Gasteiger partial charge on any atom is -0.366 e. The maximum Gasteiger partial charge on any atom is 0.128 e. The third-order valence-electron chi connectivity index (χ3n) is 5.30. The maximum atomic E-state index is 9.44. The molecule has 0 bridgehead atoms. The highest BCUT2D eigenvalue weighted by atomic mass is 35.5. The summed E-state index contributed by atoms with van der Waals surface area (Å²) < 4.78 is 0. The van der Waals surface area contributed by atoms with Crippen LogP contribution < -0.4 is 5.32 Å². The minimum atomic E-state index is 0.411. The van der Waals surface area contributed by atoms with Crippen LogP contribution in [0.25, 0.3) is 10.9 Å². The topological polar surface area (TPSA) is 52.0 Å². The molecule has 1 atom stereocenters. The Kier molecular flexibility index (Phi) is 4.30. The lowest BCUT2D eigenvalue weighted by molar-refractivity contribution is 0.245. The van der Waals surface area contributed by atoms with E-state index in [0.29, 0.717) is 16.6 Å². The van der Waals surface area contributed by atoms with E-state index >= 15 is 0 Å². The molecule has 5 heteroatoms. The quantitative estimate of drug-likeness (QED) is 0.910. The molecular formula is C19H21ClN4. The molecule has 1 unspecified atom stereocenters. The van der Waals surface area contributed by atoms with Crippen LogP contribution in [-0.2, 0) is 0 Å². The summed E-state index contributed by atoms with van der Waals surface area (Å²) in [5.74, 6) is 0.791. The number of nitrogens with zero attached hydrogens (tertiary/aromatic N) is 3. The van der Waals surface area contributed by atoms with Crippen molar-refractivity contribution in [1.82, 2.24) is 9.88 Å². The second kappa shape index (κ2) is 6.58. The predicted molar refractivity (Wildman–Crippen MR) is 97.3 cm³/mol. The number of halogens is 1. The number of nitriles is 1. The highest BCUT2D eigenvalue weighted by molar-refractivity contribution is 6.31. The van der Waals surface area contributed by atoms with Crippen LogP contribution in [0.5, 0.6) is 0 Å². The number of pyridine rings is 1. The standard InChI is InChI=1S/C19H21ClN4/c20-14-5-6-18-17(10-14)13(11-21)9-19(23-18)22-15-7-8-24(12-15)16-3-1-2-4-16/h5-6,9-10,15-16H,1-4,7-8,12H2,(H,22,23). The molecule has 2 aliphatic rings. The first-order chi connectivity index (χ1) is 11.7. The molecule has 4 rings (SSSR count). The molecule has 1 saturated carbocycles. The highest BCUT2D eigenvalue weighted by Gasteiger charge is 2.30. The first-order valence-electron chi connectivity index (χ1n) is 8.74. The molecule has 1 aromatic carbocycles. The van der Waals surface area contributed by atoms with E-state index in [-0.39, 0.29) is 0 Å². The Balaban J connectivity index is 1.52. The summed E-state index contributed by atoms with van der Waals surface area (Å²) in [6.45, 7) is 2.24. The van der Waals surface area contributed by atoms with Gasteiger partial charge in [-0.3, -0.25) is 4.90 Å². The van der Waals surface area contributed by atoms with Gasteiger partial charge in [-0.1, -0.05) is 24.4 Å². The third-order valence-corrected chi connectivity index (χ3v) is 5.54. The summed E-state index contributed by atoms with van der Waals surface area (Å²) in [7, 11) is 0. The van der Waals surface area contributed by atoms with Crippen molar-refractivity contribution in [2.45, 2.75) is 44.2 Å². The van der Waals surface area contributed by atoms with Crippen molar-refractivity contribution in [2.75, 3.05) is 18.4 Å². The van der Waals surface area contributed by atoms with E-state index in [0.717, 1.165) is 42.3 Å². The largest absolute Gasteiger partial charge is 0.366 e. The van der Waals surface area contributed by atoms with E-state index in [4.69, 9.17) is 11.6 Å². The number of hydrogen-bond acceptors (Lipinski definition) is 4. The number of nitrogens with one attached hydrogen (secondary N) is 1. The van der Waals surface area contributed by atoms with E-state index in [1.54, 1.807) is 0 Å². The van der Waals surface area contributed by atoms with Crippen LogP contribution in [0.3, 0.4) is 0 Å². The van der Waals surface area contributed by atoms with E-state index < -0.39 is 0 Å². The van der Waals surface area contributed by atoms with Gasteiger partial charge < -0.3 is 5.32 Å². The summed E-state index contributed by atoms with van der Waals surface area (Å²) in [5.41, 5.74) is 1.43. The number of likely N-dealkylation sites (tertiary alicyclic amines) is 1. The molecule has 1 N–H and O–H groups in total. The summed E-state index contributed by atoms with van der Waals surface area (Å²) >= 11 is 6.04. The average Bonchev–Trinajstić information content (AvgIpc) is 3.25. The fourth-order valence-corrected chi connectivity index (χ4v) is 4.25. The average molecular weight is 341 g/mol. The molecule has 2 aromatic rings. The third kappa shape index (κ3) is 3.07. The molecule has 1 aliphatic heterocycles. The lowest BCUT2D eigenvalue weighted by Crippen LogP contribution is -2.33. The van der Waals surface area contributed by atoms with Gasteiger partial charge in [0.15, 0.2) is 0 Å². The van der Waals surface area contributed by atoms with Crippen LogP contribution in [0.2, 0.25) is 5.02 Å². The Morgan fingerprint density at radius 3 is 2.83 bits per heavy atom. The number of fused-ring (bicyclic) bond motifs is 1. The second-order valence-corrected chi connectivity index (χ2v) is 7.33. The van der Waals surface area contributed by atoms with Crippen LogP contribution in [-0.4, -0.2) is 35.1 Å². The summed E-state index contributed by atoms with van der Waals surface area (Å²) in [6, 6.07) is 10.8. The second-order valence-electron chi connectivity index (χ2n) is 6.89. The van der Waals surface area contributed by atoms with Gasteiger partial charge in [0.1, 0.15) is 5.82 Å². The predicted octanol–water partition coefficient (Wildman–Crippen LogP) is 4.19. The molecular weight excluding hydrogens is 320 g/mol. The number of rotatable bonds is 3. The van der Waals surface area contributed by atoms with Gasteiger partial charge in [-0.25, -0.2) is 4.98 Å². The molecule has 0 amide bonds. The Labute approximate surface area is 147 Å². The van der Waals surface area contributed by atoms with Crippen LogP contribution in [0.4, 0.5) is 5.82 Å². The van der Waals surface area contributed by atoms with Gasteiger partial charge in [0.25, 0.3) is 0 Å². The molecule has 1 saturated heterocycles. The minimum absolute atomic E-state index is 0.411. The van der Waals surface area contributed by atoms with Crippen molar-refractivity contribution in [3.8, 4) is 6.07 Å². The zero-order valence-electron chi connectivity index (χ0n) is 13.6. The number of anilines is 1. The van der Waals surface area contributed by atoms with Gasteiger partial charge >= 0.3 is 0 Å². The molecule has 0 spiro atoms. The maximum absolute atomic E-state index is 9.44. The van der Waals surface area contributed by atoms with Crippen molar-refractivity contribution in [2.24, 2.45) is 0 Å². The fraction of sp³-hybridized carbons (Fsp3) is 0.474. The van der Waals surface area contributed by atoms with Crippen LogP contribution in [0.15, 0.2) is 24.3 Å². The van der Waals surface area contributed by atoms with Gasteiger partial charge in [-0.2, -0.15) is 5.26 Å². The molecule has 2 heterocycles.